The summed E-state index contributed by atoms with van der Waals surface area (Å²) in [6, 6.07) is 20.7. The maximum Gasteiger partial charge on any atom is 0.319 e. The van der Waals surface area contributed by atoms with Gasteiger partial charge in [0.15, 0.2) is 0 Å². The Kier molecular flexibility index (Phi) is 8.24. The fourth-order valence-corrected chi connectivity index (χ4v) is 7.61. The van der Waals surface area contributed by atoms with Crippen LogP contribution in [0.15, 0.2) is 65.7 Å². The van der Waals surface area contributed by atoms with Crippen molar-refractivity contribution in [3.63, 3.8) is 0 Å². The Bertz CT molecular complexity index is 1490. The van der Waals surface area contributed by atoms with Gasteiger partial charge in [0.1, 0.15) is 11.9 Å². The molecule has 6 nitrogen and oxygen atoms in total. The number of carbonyl (C=O) groups excluding carboxylic acids is 1. The highest BCUT2D eigenvalue weighted by atomic mass is 127. The predicted molar refractivity (Wildman–Crippen MR) is 174 cm³/mol. The molecule has 0 aliphatic carbocycles. The number of aliphatic imine (C=N–C) groups is 1. The molecule has 0 bridgehead atoms. The topological polar surface area (TPSA) is 57.2 Å². The van der Waals surface area contributed by atoms with Crippen molar-refractivity contribution in [2.24, 2.45) is 4.99 Å². The Hall–Kier alpha value is -2.33. The summed E-state index contributed by atoms with van der Waals surface area (Å²) in [4.78, 5) is 21.0. The molecule has 1 spiro atoms. The summed E-state index contributed by atoms with van der Waals surface area (Å²) >= 11 is 15.3. The third-order valence-electron chi connectivity index (χ3n) is 8.60. The second-order valence-corrected chi connectivity index (χ2v) is 13.4. The van der Waals surface area contributed by atoms with Gasteiger partial charge in [-0.1, -0.05) is 41.4 Å². The van der Waals surface area contributed by atoms with Gasteiger partial charge in [-0.15, -0.1) is 0 Å². The molecule has 0 saturated carbocycles. The molecule has 214 valence electrons. The number of halogens is 3. The summed E-state index contributed by atoms with van der Waals surface area (Å²) in [6.45, 7) is 2.21. The van der Waals surface area contributed by atoms with Crippen LogP contribution in [-0.4, -0.2) is 61.9 Å². The van der Waals surface area contributed by atoms with Crippen molar-refractivity contribution in [1.82, 2.24) is 15.1 Å². The molecule has 2 amide bonds. The molecule has 1 N–H and O–H groups in total. The molecular weight excluding hydrogens is 670 g/mol. The highest BCUT2D eigenvalue weighted by molar-refractivity contribution is 14.1. The normalized spacial score (nSPS) is 24.0. The second-order valence-electron chi connectivity index (χ2n) is 11.3. The highest BCUT2D eigenvalue weighted by Crippen LogP contribution is 2.57. The SMILES string of the molecule is CN(C)C(=O)N1CCC(Oc2ccc(I)cc2[C@@H]2NCC[C@@H](c3cccc(Cl)c3)[C@]23C=Nc2cc(Cl)ccc23)CC1. The van der Waals surface area contributed by atoms with Crippen LogP contribution in [0.1, 0.15) is 47.9 Å². The maximum atomic E-state index is 12.5. The van der Waals surface area contributed by atoms with Crippen molar-refractivity contribution in [3.05, 3.63) is 91.0 Å². The van der Waals surface area contributed by atoms with Crippen molar-refractivity contribution < 1.29 is 9.53 Å². The molecule has 0 aromatic heterocycles. The Morgan fingerprint density at radius 1 is 1.05 bits per heavy atom. The zero-order valence-electron chi connectivity index (χ0n) is 23.1. The van der Waals surface area contributed by atoms with Crippen molar-refractivity contribution in [3.8, 4) is 5.75 Å². The molecule has 3 heterocycles. The van der Waals surface area contributed by atoms with Crippen LogP contribution in [-0.2, 0) is 5.41 Å². The average Bonchev–Trinajstić information content (AvgIpc) is 3.32. The van der Waals surface area contributed by atoms with Gasteiger partial charge in [-0.2, -0.15) is 0 Å². The van der Waals surface area contributed by atoms with Crippen LogP contribution >= 0.6 is 45.8 Å². The van der Waals surface area contributed by atoms with Crippen molar-refractivity contribution in [2.45, 2.75) is 42.7 Å². The van der Waals surface area contributed by atoms with Gasteiger partial charge in [0, 0.05) is 71.3 Å². The first-order valence-corrected chi connectivity index (χ1v) is 15.9. The van der Waals surface area contributed by atoms with Crippen LogP contribution in [0.2, 0.25) is 10.0 Å². The molecule has 2 saturated heterocycles. The van der Waals surface area contributed by atoms with E-state index in [9.17, 15) is 4.79 Å². The number of fused-ring (bicyclic) bond motifs is 2. The molecule has 3 aromatic carbocycles. The monoisotopic (exact) mass is 702 g/mol. The number of hydrogen-bond donors (Lipinski definition) is 1. The number of nitrogens with one attached hydrogen (secondary N) is 1. The number of nitrogens with zero attached hydrogens (tertiary/aromatic N) is 3. The lowest BCUT2D eigenvalue weighted by Crippen LogP contribution is -2.51. The van der Waals surface area contributed by atoms with Gasteiger partial charge in [0.2, 0.25) is 0 Å². The number of piperidine rings is 2. The summed E-state index contributed by atoms with van der Waals surface area (Å²) < 4.78 is 7.91. The number of amides is 2. The minimum absolute atomic E-state index is 0.0339. The van der Waals surface area contributed by atoms with E-state index in [2.05, 4.69) is 70.5 Å². The Balaban J connectivity index is 1.39. The Morgan fingerprint density at radius 3 is 2.59 bits per heavy atom. The molecule has 0 unspecified atom stereocenters. The molecule has 9 heteroatoms. The summed E-state index contributed by atoms with van der Waals surface area (Å²) in [5, 5.41) is 5.29. The van der Waals surface area contributed by atoms with Crippen molar-refractivity contribution >= 4 is 63.7 Å². The number of urea groups is 1. The minimum Gasteiger partial charge on any atom is -0.490 e. The largest absolute Gasteiger partial charge is 0.490 e. The molecule has 2 fully saturated rings. The van der Waals surface area contributed by atoms with Gasteiger partial charge in [0.05, 0.1) is 17.1 Å². The number of carbonyl (C=O) groups is 1. The average molecular weight is 703 g/mol. The quantitative estimate of drug-likeness (QED) is 0.285. The van der Waals surface area contributed by atoms with Gasteiger partial charge < -0.3 is 19.9 Å². The van der Waals surface area contributed by atoms with E-state index in [1.165, 1.54) is 5.56 Å². The van der Waals surface area contributed by atoms with Crippen molar-refractivity contribution in [1.29, 1.82) is 0 Å². The third-order valence-corrected chi connectivity index (χ3v) is 9.74. The number of hydrogen-bond acceptors (Lipinski definition) is 4. The van der Waals surface area contributed by atoms with E-state index in [-0.39, 0.29) is 24.1 Å². The predicted octanol–water partition coefficient (Wildman–Crippen LogP) is 7.59. The van der Waals surface area contributed by atoms with Gasteiger partial charge in [-0.3, -0.25) is 4.99 Å². The smallest absolute Gasteiger partial charge is 0.319 e. The van der Waals surface area contributed by atoms with Crippen LogP contribution in [0.25, 0.3) is 0 Å². The van der Waals surface area contributed by atoms with E-state index in [1.807, 2.05) is 29.2 Å². The van der Waals surface area contributed by atoms with Crippen LogP contribution in [0.3, 0.4) is 0 Å². The van der Waals surface area contributed by atoms with Gasteiger partial charge >= 0.3 is 6.03 Å². The lowest BCUT2D eigenvalue weighted by molar-refractivity contribution is 0.0994. The molecule has 3 aliphatic heterocycles. The summed E-state index contributed by atoms with van der Waals surface area (Å²) in [7, 11) is 3.59. The van der Waals surface area contributed by atoms with E-state index in [4.69, 9.17) is 32.9 Å². The van der Waals surface area contributed by atoms with Gasteiger partial charge in [0.25, 0.3) is 0 Å². The zero-order chi connectivity index (χ0) is 28.7. The standard InChI is InChI=1S/C32H33Cl2IN4O2/c1-38(2)31(40)39-14-11-24(12-15-39)41-29-9-7-23(35)18-25(29)30-32(19-37-28-17-22(34)6-8-27(28)32)26(10-13-36-30)20-4-3-5-21(33)16-20/h3-9,16-19,24,26,30,36H,10-15H2,1-2H3/t26-,30-,32-/m0/s1. The fraction of sp³-hybridized carbons (Fsp3) is 0.375. The summed E-state index contributed by atoms with van der Waals surface area (Å²) in [6.07, 6.45) is 4.69. The van der Waals surface area contributed by atoms with Crippen LogP contribution in [0.5, 0.6) is 5.75 Å². The van der Waals surface area contributed by atoms with Gasteiger partial charge in [-0.25, -0.2) is 4.79 Å². The number of rotatable bonds is 4. The van der Waals surface area contributed by atoms with Crippen LogP contribution in [0.4, 0.5) is 10.5 Å². The lowest BCUT2D eigenvalue weighted by atomic mass is 9.60. The fourth-order valence-electron chi connectivity index (χ4n) is 6.72. The summed E-state index contributed by atoms with van der Waals surface area (Å²) in [5.41, 5.74) is 3.91. The maximum absolute atomic E-state index is 12.5. The molecule has 0 radical (unpaired) electrons. The number of likely N-dealkylation sites (tertiary alicyclic amines) is 1. The van der Waals surface area contributed by atoms with E-state index < -0.39 is 5.41 Å². The molecule has 3 aromatic rings. The molecule has 41 heavy (non-hydrogen) atoms. The molecule has 3 atom stereocenters. The summed E-state index contributed by atoms with van der Waals surface area (Å²) in [5.74, 6) is 1.02. The van der Waals surface area contributed by atoms with Gasteiger partial charge in [-0.05, 0) is 89.1 Å². The second kappa shape index (κ2) is 11.7. The molecule has 3 aliphatic rings. The molecular formula is C32H33Cl2IN4O2. The lowest BCUT2D eigenvalue weighted by Gasteiger charge is -2.48. The van der Waals surface area contributed by atoms with Crippen molar-refractivity contribution in [2.75, 3.05) is 33.7 Å². The van der Waals surface area contributed by atoms with E-state index in [1.54, 1.807) is 19.0 Å². The van der Waals surface area contributed by atoms with Crippen LogP contribution in [0, 0.1) is 3.57 Å². The van der Waals surface area contributed by atoms with E-state index >= 15 is 0 Å². The molecule has 6 rings (SSSR count). The van der Waals surface area contributed by atoms with E-state index in [0.29, 0.717) is 18.1 Å². The Morgan fingerprint density at radius 2 is 1.83 bits per heavy atom. The van der Waals surface area contributed by atoms with E-state index in [0.717, 1.165) is 57.0 Å². The zero-order valence-corrected chi connectivity index (χ0v) is 26.8. The minimum atomic E-state index is -0.465. The number of benzene rings is 3. The first-order valence-electron chi connectivity index (χ1n) is 14.0. The number of ether oxygens (including phenoxy) is 1. The first-order chi connectivity index (χ1) is 19.8. The third kappa shape index (κ3) is 5.46. The Labute approximate surface area is 265 Å². The highest BCUT2D eigenvalue weighted by Gasteiger charge is 2.53. The van der Waals surface area contributed by atoms with Crippen LogP contribution < -0.4 is 10.1 Å². The first kappa shape index (κ1) is 28.8.